The lowest BCUT2D eigenvalue weighted by atomic mass is 10.1. The number of carboxylic acids is 1. The largest absolute Gasteiger partial charge is 0.506 e. The quantitative estimate of drug-likeness (QED) is 0.882. The number of carbonyl (C=O) groups is 1. The average molecular weight is 277 g/mol. The van der Waals surface area contributed by atoms with Crippen molar-refractivity contribution in [1.29, 1.82) is 0 Å². The maximum atomic E-state index is 10.9. The van der Waals surface area contributed by atoms with Crippen molar-refractivity contribution in [2.45, 2.75) is 0 Å². The molecule has 5 nitrogen and oxygen atoms in total. The summed E-state index contributed by atoms with van der Waals surface area (Å²) < 4.78 is 9.95. The van der Waals surface area contributed by atoms with E-state index < -0.39 is 11.7 Å². The Morgan fingerprint density at radius 3 is 2.27 bits per heavy atom. The molecular formula is C9H9BrO5. The molecule has 1 aromatic carbocycles. The molecule has 0 aliphatic carbocycles. The number of benzene rings is 1. The molecule has 0 aromatic heterocycles. The zero-order valence-electron chi connectivity index (χ0n) is 8.07. The molecule has 0 aliphatic rings. The summed E-state index contributed by atoms with van der Waals surface area (Å²) in [5.74, 6) is -1.35. The van der Waals surface area contributed by atoms with Crippen LogP contribution in [0.5, 0.6) is 17.2 Å². The minimum atomic E-state index is -1.27. The summed E-state index contributed by atoms with van der Waals surface area (Å²) in [7, 11) is 2.72. The highest BCUT2D eigenvalue weighted by Crippen LogP contribution is 2.41. The number of halogens is 1. The SMILES string of the molecule is COc1cc(OC)c(C(=O)O)c(O)c1Br. The van der Waals surface area contributed by atoms with Crippen LogP contribution in [0.4, 0.5) is 0 Å². The molecule has 0 saturated carbocycles. The fourth-order valence-corrected chi connectivity index (χ4v) is 1.59. The van der Waals surface area contributed by atoms with E-state index in [9.17, 15) is 9.90 Å². The van der Waals surface area contributed by atoms with Gasteiger partial charge in [-0.15, -0.1) is 0 Å². The summed E-state index contributed by atoms with van der Waals surface area (Å²) in [6, 6.07) is 1.38. The molecule has 0 unspecified atom stereocenters. The second-order valence-electron chi connectivity index (χ2n) is 2.62. The molecule has 0 bridgehead atoms. The Morgan fingerprint density at radius 1 is 1.33 bits per heavy atom. The van der Waals surface area contributed by atoms with E-state index in [0.717, 1.165) is 0 Å². The summed E-state index contributed by atoms with van der Waals surface area (Å²) in [6.45, 7) is 0. The van der Waals surface area contributed by atoms with Gasteiger partial charge in [0.05, 0.1) is 14.2 Å². The number of aromatic hydroxyl groups is 1. The van der Waals surface area contributed by atoms with Gasteiger partial charge in [-0.1, -0.05) is 0 Å². The smallest absolute Gasteiger partial charge is 0.343 e. The van der Waals surface area contributed by atoms with E-state index in [2.05, 4.69) is 15.9 Å². The summed E-state index contributed by atoms with van der Waals surface area (Å²) >= 11 is 3.03. The first-order chi connectivity index (χ1) is 7.02. The van der Waals surface area contributed by atoms with Crippen molar-refractivity contribution in [3.05, 3.63) is 16.1 Å². The molecular weight excluding hydrogens is 268 g/mol. The monoisotopic (exact) mass is 276 g/mol. The lowest BCUT2D eigenvalue weighted by Gasteiger charge is -2.11. The number of hydrogen-bond donors (Lipinski definition) is 2. The van der Waals surface area contributed by atoms with Gasteiger partial charge in [-0.3, -0.25) is 0 Å². The van der Waals surface area contributed by atoms with Crippen LogP contribution >= 0.6 is 15.9 Å². The minimum Gasteiger partial charge on any atom is -0.506 e. The lowest BCUT2D eigenvalue weighted by Crippen LogP contribution is -2.02. The number of phenols is 1. The van der Waals surface area contributed by atoms with Gasteiger partial charge in [-0.2, -0.15) is 0 Å². The van der Waals surface area contributed by atoms with Crippen LogP contribution in [0.3, 0.4) is 0 Å². The fraction of sp³-hybridized carbons (Fsp3) is 0.222. The van der Waals surface area contributed by atoms with Gasteiger partial charge >= 0.3 is 5.97 Å². The Labute approximate surface area is 94.4 Å². The summed E-state index contributed by atoms with van der Waals surface area (Å²) in [6.07, 6.45) is 0. The summed E-state index contributed by atoms with van der Waals surface area (Å²) in [5.41, 5.74) is -0.301. The van der Waals surface area contributed by atoms with Crippen LogP contribution in [0.1, 0.15) is 10.4 Å². The van der Waals surface area contributed by atoms with Crippen LogP contribution in [0.15, 0.2) is 10.5 Å². The number of aromatic carboxylic acids is 1. The first kappa shape index (κ1) is 11.6. The van der Waals surface area contributed by atoms with E-state index >= 15 is 0 Å². The van der Waals surface area contributed by atoms with Crippen molar-refractivity contribution in [3.8, 4) is 17.2 Å². The molecule has 1 rings (SSSR count). The molecule has 15 heavy (non-hydrogen) atoms. The number of ether oxygens (including phenoxy) is 2. The van der Waals surface area contributed by atoms with Crippen LogP contribution < -0.4 is 9.47 Å². The van der Waals surface area contributed by atoms with Crippen molar-refractivity contribution in [1.82, 2.24) is 0 Å². The highest BCUT2D eigenvalue weighted by Gasteiger charge is 2.22. The van der Waals surface area contributed by atoms with Crippen LogP contribution in [0.25, 0.3) is 0 Å². The van der Waals surface area contributed by atoms with Gasteiger partial charge in [-0.05, 0) is 15.9 Å². The Kier molecular flexibility index (Phi) is 3.41. The summed E-state index contributed by atoms with van der Waals surface area (Å²) in [5, 5.41) is 18.5. The third kappa shape index (κ3) is 1.99. The van der Waals surface area contributed by atoms with Crippen LogP contribution in [0, 0.1) is 0 Å². The Morgan fingerprint density at radius 2 is 1.87 bits per heavy atom. The van der Waals surface area contributed by atoms with Crippen molar-refractivity contribution >= 4 is 21.9 Å². The number of methoxy groups -OCH3 is 2. The highest BCUT2D eigenvalue weighted by atomic mass is 79.9. The topological polar surface area (TPSA) is 76.0 Å². The second kappa shape index (κ2) is 4.39. The Hall–Kier alpha value is -1.43. The van der Waals surface area contributed by atoms with Gasteiger partial charge in [0.2, 0.25) is 0 Å². The standard InChI is InChI=1S/C9H9BrO5/c1-14-4-3-5(15-2)7(10)8(11)6(4)9(12)13/h3,11H,1-2H3,(H,12,13). The highest BCUT2D eigenvalue weighted by molar-refractivity contribution is 9.10. The normalized spacial score (nSPS) is 9.80. The second-order valence-corrected chi connectivity index (χ2v) is 3.42. The molecule has 2 N–H and O–H groups in total. The van der Waals surface area contributed by atoms with E-state index in [-0.39, 0.29) is 15.8 Å². The van der Waals surface area contributed by atoms with Crippen molar-refractivity contribution in [2.24, 2.45) is 0 Å². The van der Waals surface area contributed by atoms with Gasteiger partial charge in [0.15, 0.2) is 5.75 Å². The molecule has 0 heterocycles. The zero-order valence-corrected chi connectivity index (χ0v) is 9.66. The maximum Gasteiger partial charge on any atom is 0.343 e. The third-order valence-electron chi connectivity index (χ3n) is 1.82. The van der Waals surface area contributed by atoms with E-state index in [4.69, 9.17) is 14.6 Å². The van der Waals surface area contributed by atoms with E-state index in [1.165, 1.54) is 20.3 Å². The lowest BCUT2D eigenvalue weighted by molar-refractivity contribution is 0.0689. The van der Waals surface area contributed by atoms with Crippen molar-refractivity contribution < 1.29 is 24.5 Å². The number of carboxylic acid groups (broad SMARTS) is 1. The van der Waals surface area contributed by atoms with Crippen molar-refractivity contribution in [3.63, 3.8) is 0 Å². The van der Waals surface area contributed by atoms with Gasteiger partial charge in [0.1, 0.15) is 21.5 Å². The number of hydrogen-bond acceptors (Lipinski definition) is 4. The molecule has 0 radical (unpaired) electrons. The first-order valence-electron chi connectivity index (χ1n) is 3.89. The Balaban J connectivity index is 3.51. The van der Waals surface area contributed by atoms with E-state index in [1.54, 1.807) is 0 Å². The predicted molar refractivity (Wildman–Crippen MR) is 55.9 cm³/mol. The third-order valence-corrected chi connectivity index (χ3v) is 2.59. The predicted octanol–water partition coefficient (Wildman–Crippen LogP) is 1.87. The van der Waals surface area contributed by atoms with Gasteiger partial charge in [-0.25, -0.2) is 4.79 Å². The molecule has 0 saturated heterocycles. The molecule has 0 aliphatic heterocycles. The van der Waals surface area contributed by atoms with Gasteiger partial charge < -0.3 is 19.7 Å². The number of rotatable bonds is 3. The van der Waals surface area contributed by atoms with Gasteiger partial charge in [0.25, 0.3) is 0 Å². The minimum absolute atomic E-state index is 0.0417. The van der Waals surface area contributed by atoms with Crippen LogP contribution in [-0.4, -0.2) is 30.4 Å². The molecule has 0 fully saturated rings. The average Bonchev–Trinajstić information content (AvgIpc) is 2.20. The molecule has 82 valence electrons. The van der Waals surface area contributed by atoms with E-state index in [1.807, 2.05) is 0 Å². The molecule has 1 aromatic rings. The molecule has 0 amide bonds. The van der Waals surface area contributed by atoms with Crippen LogP contribution in [-0.2, 0) is 0 Å². The molecule has 0 atom stereocenters. The first-order valence-corrected chi connectivity index (χ1v) is 4.69. The zero-order chi connectivity index (χ0) is 11.6. The van der Waals surface area contributed by atoms with E-state index in [0.29, 0.717) is 5.75 Å². The van der Waals surface area contributed by atoms with Gasteiger partial charge in [0, 0.05) is 6.07 Å². The summed E-state index contributed by atoms with van der Waals surface area (Å²) in [4.78, 5) is 10.9. The molecule has 0 spiro atoms. The fourth-order valence-electron chi connectivity index (χ4n) is 1.11. The van der Waals surface area contributed by atoms with Crippen LogP contribution in [0.2, 0.25) is 0 Å². The Bertz CT molecular complexity index is 402. The maximum absolute atomic E-state index is 10.9. The van der Waals surface area contributed by atoms with Crippen molar-refractivity contribution in [2.75, 3.05) is 14.2 Å². The molecule has 6 heteroatoms.